The first-order valence-electron chi connectivity index (χ1n) is 5.53. The molecule has 86 valence electrons. The minimum Gasteiger partial charge on any atom is -0.497 e. The molecular weight excluding hydrogens is 268 g/mol. The molecule has 1 aliphatic rings. The van der Waals surface area contributed by atoms with Crippen molar-refractivity contribution in [2.45, 2.75) is 25.7 Å². The van der Waals surface area contributed by atoms with E-state index in [4.69, 9.17) is 4.74 Å². The number of hydrogen-bond donors (Lipinski definition) is 0. The molecule has 2 rings (SSSR count). The Morgan fingerprint density at radius 2 is 2.31 bits per heavy atom. The maximum atomic E-state index is 11.2. The highest BCUT2D eigenvalue weighted by atomic mass is 79.9. The van der Waals surface area contributed by atoms with Crippen LogP contribution >= 0.6 is 15.9 Å². The second-order valence-corrected chi connectivity index (χ2v) is 5.16. The van der Waals surface area contributed by atoms with Gasteiger partial charge in [0.2, 0.25) is 0 Å². The molecule has 1 fully saturated rings. The lowest BCUT2D eigenvalue weighted by atomic mass is 9.98. The lowest BCUT2D eigenvalue weighted by Gasteiger charge is -2.11. The summed E-state index contributed by atoms with van der Waals surface area (Å²) < 4.78 is 6.31. The van der Waals surface area contributed by atoms with Crippen LogP contribution in [0.1, 0.15) is 24.8 Å². The molecule has 0 bridgehead atoms. The van der Waals surface area contributed by atoms with Crippen molar-refractivity contribution in [3.63, 3.8) is 0 Å². The molecule has 0 heterocycles. The number of ketones is 1. The van der Waals surface area contributed by atoms with Crippen LogP contribution in [0.25, 0.3) is 0 Å². The first-order chi connectivity index (χ1) is 7.69. The Morgan fingerprint density at radius 1 is 1.50 bits per heavy atom. The summed E-state index contributed by atoms with van der Waals surface area (Å²) in [5.74, 6) is 1.79. The maximum absolute atomic E-state index is 11.2. The number of carbonyl (C=O) groups excluding carboxylic acids is 1. The van der Waals surface area contributed by atoms with Crippen LogP contribution in [0.15, 0.2) is 22.7 Å². The van der Waals surface area contributed by atoms with Gasteiger partial charge in [-0.2, -0.15) is 0 Å². The van der Waals surface area contributed by atoms with Crippen molar-refractivity contribution in [1.82, 2.24) is 0 Å². The Bertz CT molecular complexity index is 401. The summed E-state index contributed by atoms with van der Waals surface area (Å²) in [5.41, 5.74) is 1.24. The SMILES string of the molecule is COc1ccc(Br)c(CC2CCC(=O)C2)c1. The van der Waals surface area contributed by atoms with Gasteiger partial charge in [-0.3, -0.25) is 4.79 Å². The fraction of sp³-hybridized carbons (Fsp3) is 0.462. The zero-order valence-corrected chi connectivity index (χ0v) is 10.9. The second kappa shape index (κ2) is 5.00. The van der Waals surface area contributed by atoms with Crippen LogP contribution < -0.4 is 4.74 Å². The zero-order valence-electron chi connectivity index (χ0n) is 9.33. The van der Waals surface area contributed by atoms with Crippen LogP contribution in [0.4, 0.5) is 0 Å². The minimum absolute atomic E-state index is 0.406. The predicted molar refractivity (Wildman–Crippen MR) is 66.7 cm³/mol. The number of Topliss-reactive ketones (excluding diaryl/α,β-unsaturated/α-hetero) is 1. The van der Waals surface area contributed by atoms with Gasteiger partial charge < -0.3 is 4.74 Å². The molecule has 3 heteroatoms. The van der Waals surface area contributed by atoms with Crippen molar-refractivity contribution in [3.8, 4) is 5.75 Å². The molecule has 0 aromatic heterocycles. The molecule has 0 aliphatic heterocycles. The first-order valence-corrected chi connectivity index (χ1v) is 6.32. The molecular formula is C13H15BrO2. The van der Waals surface area contributed by atoms with Gasteiger partial charge in [0.05, 0.1) is 7.11 Å². The number of ether oxygens (including phenoxy) is 1. The monoisotopic (exact) mass is 282 g/mol. The molecule has 0 radical (unpaired) electrons. The molecule has 0 saturated heterocycles. The van der Waals surface area contributed by atoms with Gasteiger partial charge in [-0.15, -0.1) is 0 Å². The van der Waals surface area contributed by atoms with Crippen LogP contribution in [0.5, 0.6) is 5.75 Å². The molecule has 1 unspecified atom stereocenters. The zero-order chi connectivity index (χ0) is 11.5. The number of rotatable bonds is 3. The Hall–Kier alpha value is -0.830. The highest BCUT2D eigenvalue weighted by Gasteiger charge is 2.22. The van der Waals surface area contributed by atoms with E-state index in [0.717, 1.165) is 35.9 Å². The fourth-order valence-corrected chi connectivity index (χ4v) is 2.62. The van der Waals surface area contributed by atoms with E-state index in [9.17, 15) is 4.79 Å². The van der Waals surface area contributed by atoms with Crippen molar-refractivity contribution in [2.75, 3.05) is 7.11 Å². The molecule has 0 amide bonds. The van der Waals surface area contributed by atoms with E-state index in [1.807, 2.05) is 18.2 Å². The average Bonchev–Trinajstić information content (AvgIpc) is 2.67. The van der Waals surface area contributed by atoms with Crippen LogP contribution in [0, 0.1) is 5.92 Å². The summed E-state index contributed by atoms with van der Waals surface area (Å²) in [6, 6.07) is 5.99. The molecule has 0 N–H and O–H groups in total. The Labute approximate surface area is 104 Å². The number of methoxy groups -OCH3 is 1. The topological polar surface area (TPSA) is 26.3 Å². The molecule has 1 aliphatic carbocycles. The van der Waals surface area contributed by atoms with E-state index in [1.54, 1.807) is 7.11 Å². The summed E-state index contributed by atoms with van der Waals surface area (Å²) in [6.07, 6.45) is 3.49. The summed E-state index contributed by atoms with van der Waals surface area (Å²) in [6.45, 7) is 0. The van der Waals surface area contributed by atoms with Gasteiger partial charge in [0, 0.05) is 17.3 Å². The van der Waals surface area contributed by atoms with E-state index in [0.29, 0.717) is 11.7 Å². The number of benzene rings is 1. The summed E-state index contributed by atoms with van der Waals surface area (Å²) in [5, 5.41) is 0. The first kappa shape index (κ1) is 11.6. The Morgan fingerprint density at radius 3 is 2.94 bits per heavy atom. The van der Waals surface area contributed by atoms with Crippen molar-refractivity contribution in [3.05, 3.63) is 28.2 Å². The van der Waals surface area contributed by atoms with Gasteiger partial charge in [-0.25, -0.2) is 0 Å². The van der Waals surface area contributed by atoms with Gasteiger partial charge in [-0.05, 0) is 42.5 Å². The standard InChI is InChI=1S/C13H15BrO2/c1-16-12-4-5-13(14)10(8-12)6-9-2-3-11(15)7-9/h4-5,8-9H,2-3,6-7H2,1H3. The Balaban J connectivity index is 2.11. The third-order valence-electron chi connectivity index (χ3n) is 3.11. The maximum Gasteiger partial charge on any atom is 0.133 e. The fourth-order valence-electron chi connectivity index (χ4n) is 2.21. The van der Waals surface area contributed by atoms with Crippen LogP contribution in [0.2, 0.25) is 0 Å². The Kier molecular flexibility index (Phi) is 3.64. The highest BCUT2D eigenvalue weighted by Crippen LogP contribution is 2.30. The van der Waals surface area contributed by atoms with Gasteiger partial charge in [0.1, 0.15) is 11.5 Å². The minimum atomic E-state index is 0.406. The number of carbonyl (C=O) groups is 1. The van der Waals surface area contributed by atoms with E-state index < -0.39 is 0 Å². The van der Waals surface area contributed by atoms with Gasteiger partial charge >= 0.3 is 0 Å². The lowest BCUT2D eigenvalue weighted by Crippen LogP contribution is -2.01. The molecule has 1 aromatic rings. The van der Waals surface area contributed by atoms with Crippen molar-refractivity contribution < 1.29 is 9.53 Å². The summed E-state index contributed by atoms with van der Waals surface area (Å²) in [4.78, 5) is 11.2. The van der Waals surface area contributed by atoms with E-state index in [2.05, 4.69) is 15.9 Å². The van der Waals surface area contributed by atoms with E-state index in [1.165, 1.54) is 5.56 Å². The smallest absolute Gasteiger partial charge is 0.133 e. The van der Waals surface area contributed by atoms with Gasteiger partial charge in [0.15, 0.2) is 0 Å². The predicted octanol–water partition coefficient (Wildman–Crippen LogP) is 3.37. The number of halogens is 1. The van der Waals surface area contributed by atoms with Crippen molar-refractivity contribution in [2.24, 2.45) is 5.92 Å². The summed E-state index contributed by atoms with van der Waals surface area (Å²) in [7, 11) is 1.67. The van der Waals surface area contributed by atoms with Gasteiger partial charge in [-0.1, -0.05) is 15.9 Å². The molecule has 1 saturated carbocycles. The third kappa shape index (κ3) is 2.64. The normalized spacial score (nSPS) is 20.1. The van der Waals surface area contributed by atoms with Gasteiger partial charge in [0.25, 0.3) is 0 Å². The van der Waals surface area contributed by atoms with Crippen LogP contribution in [-0.4, -0.2) is 12.9 Å². The van der Waals surface area contributed by atoms with Crippen LogP contribution in [0.3, 0.4) is 0 Å². The third-order valence-corrected chi connectivity index (χ3v) is 3.88. The summed E-state index contributed by atoms with van der Waals surface area (Å²) >= 11 is 3.54. The second-order valence-electron chi connectivity index (χ2n) is 4.31. The quantitative estimate of drug-likeness (QED) is 0.850. The molecule has 16 heavy (non-hydrogen) atoms. The molecule has 0 spiro atoms. The highest BCUT2D eigenvalue weighted by molar-refractivity contribution is 9.10. The van der Waals surface area contributed by atoms with Crippen molar-refractivity contribution in [1.29, 1.82) is 0 Å². The number of hydrogen-bond acceptors (Lipinski definition) is 2. The molecule has 2 nitrogen and oxygen atoms in total. The average molecular weight is 283 g/mol. The van der Waals surface area contributed by atoms with E-state index in [-0.39, 0.29) is 0 Å². The largest absolute Gasteiger partial charge is 0.497 e. The molecule has 1 atom stereocenters. The lowest BCUT2D eigenvalue weighted by molar-refractivity contribution is -0.117. The molecule has 1 aromatic carbocycles. The van der Waals surface area contributed by atoms with Crippen molar-refractivity contribution >= 4 is 21.7 Å². The van der Waals surface area contributed by atoms with Crippen LogP contribution in [-0.2, 0) is 11.2 Å². The van der Waals surface area contributed by atoms with E-state index >= 15 is 0 Å².